The van der Waals surface area contributed by atoms with Crippen LogP contribution in [-0.2, 0) is 4.79 Å². The molecular weight excluding hydrogens is 248 g/mol. The zero-order chi connectivity index (χ0) is 13.6. The zero-order valence-corrected chi connectivity index (χ0v) is 9.87. The summed E-state index contributed by atoms with van der Waals surface area (Å²) in [6, 6.07) is 6.39. The van der Waals surface area contributed by atoms with Gasteiger partial charge in [0.05, 0.1) is 17.0 Å². The minimum absolute atomic E-state index is 0.0697. The maximum absolute atomic E-state index is 11.3. The lowest BCUT2D eigenvalue weighted by atomic mass is 9.90. The molecule has 98 valence electrons. The first-order valence-electron chi connectivity index (χ1n) is 5.84. The van der Waals surface area contributed by atoms with Gasteiger partial charge in [0, 0.05) is 17.7 Å². The standard InChI is InChI=1S/C13H12N2O4/c16-12(17)7-5-14-11(13(18)19)10-9(7)6-3-1-2-4-8(6)15-10/h1-4,11,13-14,18-19H,5H2,(H,16,17). The third-order valence-corrected chi connectivity index (χ3v) is 3.32. The fourth-order valence-corrected chi connectivity index (χ4v) is 2.47. The van der Waals surface area contributed by atoms with E-state index in [1.807, 2.05) is 0 Å². The molecule has 2 heterocycles. The number of hydrogen-bond acceptors (Lipinski definition) is 5. The number of carbonyl (C=O) groups is 1. The van der Waals surface area contributed by atoms with Gasteiger partial charge in [0.2, 0.25) is 0 Å². The largest absolute Gasteiger partial charge is 0.478 e. The number of aliphatic imine (C=N–C) groups is 1. The smallest absolute Gasteiger partial charge is 0.333 e. The van der Waals surface area contributed by atoms with Gasteiger partial charge in [0.25, 0.3) is 0 Å². The first-order chi connectivity index (χ1) is 9.09. The van der Waals surface area contributed by atoms with Crippen molar-refractivity contribution < 1.29 is 20.1 Å². The molecule has 4 N–H and O–H groups in total. The Labute approximate surface area is 108 Å². The minimum Gasteiger partial charge on any atom is -0.478 e. The number of carboxylic acid groups (broad SMARTS) is 1. The van der Waals surface area contributed by atoms with Crippen molar-refractivity contribution in [1.29, 1.82) is 0 Å². The maximum atomic E-state index is 11.3. The van der Waals surface area contributed by atoms with Crippen molar-refractivity contribution in [3.8, 4) is 0 Å². The number of aliphatic hydroxyl groups is 2. The van der Waals surface area contributed by atoms with Crippen molar-refractivity contribution in [1.82, 2.24) is 5.32 Å². The molecule has 0 aromatic heterocycles. The molecule has 0 aliphatic carbocycles. The van der Waals surface area contributed by atoms with Gasteiger partial charge in [0.1, 0.15) is 6.04 Å². The summed E-state index contributed by atoms with van der Waals surface area (Å²) in [5.74, 6) is -1.03. The monoisotopic (exact) mass is 260 g/mol. The van der Waals surface area contributed by atoms with Gasteiger partial charge >= 0.3 is 5.97 Å². The van der Waals surface area contributed by atoms with E-state index in [-0.39, 0.29) is 12.1 Å². The average molecular weight is 260 g/mol. The van der Waals surface area contributed by atoms with Crippen LogP contribution < -0.4 is 5.32 Å². The first kappa shape index (κ1) is 12.0. The van der Waals surface area contributed by atoms with Gasteiger partial charge in [-0.05, 0) is 6.07 Å². The Balaban J connectivity index is 2.22. The van der Waals surface area contributed by atoms with Gasteiger partial charge in [-0.3, -0.25) is 4.99 Å². The predicted molar refractivity (Wildman–Crippen MR) is 68.1 cm³/mol. The Morgan fingerprint density at radius 1 is 1.37 bits per heavy atom. The third kappa shape index (κ3) is 1.77. The average Bonchev–Trinajstić information content (AvgIpc) is 2.76. The number of fused-ring (bicyclic) bond motifs is 3. The van der Waals surface area contributed by atoms with Crippen LogP contribution in [0.4, 0.5) is 5.69 Å². The molecule has 1 atom stereocenters. The third-order valence-electron chi connectivity index (χ3n) is 3.32. The molecule has 1 aromatic carbocycles. The molecule has 0 saturated heterocycles. The number of aliphatic hydroxyl groups excluding tert-OH is 1. The van der Waals surface area contributed by atoms with Gasteiger partial charge in [-0.15, -0.1) is 0 Å². The van der Waals surface area contributed by atoms with Gasteiger partial charge in [-0.1, -0.05) is 18.2 Å². The van der Waals surface area contributed by atoms with E-state index >= 15 is 0 Å². The number of aliphatic carboxylic acids is 1. The highest BCUT2D eigenvalue weighted by Crippen LogP contribution is 2.39. The molecule has 6 nitrogen and oxygen atoms in total. The topological polar surface area (TPSA) is 102 Å². The van der Waals surface area contributed by atoms with E-state index in [0.717, 1.165) is 5.56 Å². The molecule has 0 saturated carbocycles. The molecule has 0 fully saturated rings. The summed E-state index contributed by atoms with van der Waals surface area (Å²) in [6.45, 7) is 0.0697. The summed E-state index contributed by atoms with van der Waals surface area (Å²) in [7, 11) is 0. The van der Waals surface area contributed by atoms with E-state index in [4.69, 9.17) is 0 Å². The van der Waals surface area contributed by atoms with Crippen molar-refractivity contribution in [3.63, 3.8) is 0 Å². The van der Waals surface area contributed by atoms with Gasteiger partial charge in [0.15, 0.2) is 6.29 Å². The van der Waals surface area contributed by atoms with E-state index in [9.17, 15) is 20.1 Å². The van der Waals surface area contributed by atoms with Gasteiger partial charge < -0.3 is 20.6 Å². The van der Waals surface area contributed by atoms with E-state index < -0.39 is 18.3 Å². The number of nitrogens with one attached hydrogen (secondary N) is 1. The predicted octanol–water partition coefficient (Wildman–Crippen LogP) is -0.107. The molecule has 0 bridgehead atoms. The fraction of sp³-hybridized carbons (Fsp3) is 0.231. The molecule has 0 amide bonds. The van der Waals surface area contributed by atoms with Gasteiger partial charge in [-0.25, -0.2) is 4.79 Å². The molecule has 2 aliphatic heterocycles. The highest BCUT2D eigenvalue weighted by molar-refractivity contribution is 6.35. The minimum atomic E-state index is -1.63. The van der Waals surface area contributed by atoms with Crippen LogP contribution in [0, 0.1) is 0 Å². The number of benzene rings is 1. The molecule has 1 aromatic rings. The summed E-state index contributed by atoms with van der Waals surface area (Å²) in [5.41, 5.74) is 2.45. The summed E-state index contributed by atoms with van der Waals surface area (Å²) in [4.78, 5) is 15.6. The Morgan fingerprint density at radius 3 is 2.79 bits per heavy atom. The number of hydrogen-bond donors (Lipinski definition) is 4. The van der Waals surface area contributed by atoms with Crippen molar-refractivity contribution in [2.75, 3.05) is 6.54 Å². The highest BCUT2D eigenvalue weighted by atomic mass is 16.5. The number of carboxylic acids is 1. The molecular formula is C13H12N2O4. The SMILES string of the molecule is O=C(O)C1=C2C(=Nc3ccccc32)C(C(O)O)NC1. The zero-order valence-electron chi connectivity index (χ0n) is 9.87. The second-order valence-electron chi connectivity index (χ2n) is 4.45. The van der Waals surface area contributed by atoms with Crippen molar-refractivity contribution in [2.45, 2.75) is 12.3 Å². The van der Waals surface area contributed by atoms with E-state index in [0.29, 0.717) is 17.0 Å². The lowest BCUT2D eigenvalue weighted by Gasteiger charge is -2.27. The van der Waals surface area contributed by atoms with Crippen molar-refractivity contribution >= 4 is 22.9 Å². The highest BCUT2D eigenvalue weighted by Gasteiger charge is 2.38. The Kier molecular flexibility index (Phi) is 2.70. The molecule has 19 heavy (non-hydrogen) atoms. The van der Waals surface area contributed by atoms with Crippen LogP contribution in [0.25, 0.3) is 5.57 Å². The second kappa shape index (κ2) is 4.27. The molecule has 0 spiro atoms. The quantitative estimate of drug-likeness (QED) is 0.556. The van der Waals surface area contributed by atoms with E-state index in [2.05, 4.69) is 10.3 Å². The number of rotatable bonds is 2. The van der Waals surface area contributed by atoms with Crippen molar-refractivity contribution in [3.05, 3.63) is 35.4 Å². The summed E-state index contributed by atoms with van der Waals surface area (Å²) in [5, 5.41) is 30.8. The van der Waals surface area contributed by atoms with Crippen molar-refractivity contribution in [2.24, 2.45) is 4.99 Å². The van der Waals surface area contributed by atoms with Gasteiger partial charge in [-0.2, -0.15) is 0 Å². The number of nitrogens with zero attached hydrogens (tertiary/aromatic N) is 1. The Hall–Kier alpha value is -2.02. The normalized spacial score (nSPS) is 21.2. The summed E-state index contributed by atoms with van der Waals surface area (Å²) >= 11 is 0. The first-order valence-corrected chi connectivity index (χ1v) is 5.84. The fourth-order valence-electron chi connectivity index (χ4n) is 2.47. The maximum Gasteiger partial charge on any atom is 0.333 e. The van der Waals surface area contributed by atoms with Crippen LogP contribution in [0.3, 0.4) is 0 Å². The van der Waals surface area contributed by atoms with E-state index in [1.165, 1.54) is 0 Å². The van der Waals surface area contributed by atoms with Crippen LogP contribution in [-0.4, -0.2) is 45.9 Å². The Bertz CT molecular complexity index is 619. The molecule has 0 radical (unpaired) electrons. The molecule has 6 heteroatoms. The second-order valence-corrected chi connectivity index (χ2v) is 4.45. The van der Waals surface area contributed by atoms with E-state index in [1.54, 1.807) is 24.3 Å². The summed E-state index contributed by atoms with van der Waals surface area (Å²) < 4.78 is 0. The molecule has 2 aliphatic rings. The summed E-state index contributed by atoms with van der Waals surface area (Å²) in [6.07, 6.45) is -1.63. The van der Waals surface area contributed by atoms with Crippen LogP contribution in [0.15, 0.2) is 34.8 Å². The number of para-hydroxylation sites is 1. The Morgan fingerprint density at radius 2 is 2.11 bits per heavy atom. The van der Waals surface area contributed by atoms with Crippen LogP contribution in [0.1, 0.15) is 5.56 Å². The van der Waals surface area contributed by atoms with Crippen LogP contribution in [0.5, 0.6) is 0 Å². The lowest BCUT2D eigenvalue weighted by molar-refractivity contribution is -0.132. The van der Waals surface area contributed by atoms with Crippen LogP contribution in [0.2, 0.25) is 0 Å². The molecule has 3 rings (SSSR count). The van der Waals surface area contributed by atoms with Crippen LogP contribution >= 0.6 is 0 Å². The lowest BCUT2D eigenvalue weighted by Crippen LogP contribution is -2.50. The molecule has 1 unspecified atom stereocenters.